The number of rotatable bonds is 4. The fourth-order valence-corrected chi connectivity index (χ4v) is 5.20. The van der Waals surface area contributed by atoms with Crippen molar-refractivity contribution in [3.63, 3.8) is 0 Å². The monoisotopic (exact) mass is 370 g/mol. The Bertz CT molecular complexity index is 662. The summed E-state index contributed by atoms with van der Waals surface area (Å²) in [6.45, 7) is 12.6. The second kappa shape index (κ2) is 7.16. The molecule has 1 amide bonds. The van der Waals surface area contributed by atoms with Crippen molar-refractivity contribution in [2.24, 2.45) is 11.3 Å². The summed E-state index contributed by atoms with van der Waals surface area (Å²) in [5, 5.41) is 0. The first-order chi connectivity index (χ1) is 12.9. The summed E-state index contributed by atoms with van der Waals surface area (Å²) in [4.78, 5) is 25.9. The molecule has 27 heavy (non-hydrogen) atoms. The predicted octanol–water partition coefficient (Wildman–Crippen LogP) is 3.43. The van der Waals surface area contributed by atoms with Gasteiger partial charge in [-0.2, -0.15) is 0 Å². The normalized spacial score (nSPS) is 23.7. The van der Waals surface area contributed by atoms with Gasteiger partial charge in [0.1, 0.15) is 5.82 Å². The number of amides is 1. The second-order valence-corrected chi connectivity index (χ2v) is 9.75. The molecule has 0 radical (unpaired) electrons. The van der Waals surface area contributed by atoms with Crippen LogP contribution in [0.25, 0.3) is 0 Å². The van der Waals surface area contributed by atoms with Gasteiger partial charge in [-0.3, -0.25) is 4.79 Å². The molecule has 3 fully saturated rings. The predicted molar refractivity (Wildman–Crippen MR) is 107 cm³/mol. The first-order valence-electron chi connectivity index (χ1n) is 10.7. The van der Waals surface area contributed by atoms with Crippen molar-refractivity contribution in [1.82, 2.24) is 19.8 Å². The first-order valence-corrected chi connectivity index (χ1v) is 10.7. The van der Waals surface area contributed by atoms with E-state index < -0.39 is 0 Å². The maximum atomic E-state index is 12.1. The van der Waals surface area contributed by atoms with Crippen LogP contribution in [-0.2, 0) is 4.79 Å². The molecule has 1 aromatic heterocycles. The highest BCUT2D eigenvalue weighted by atomic mass is 16.2. The van der Waals surface area contributed by atoms with E-state index in [1.54, 1.807) is 0 Å². The van der Waals surface area contributed by atoms with Gasteiger partial charge in [0.15, 0.2) is 0 Å². The molecule has 3 heterocycles. The van der Waals surface area contributed by atoms with Crippen molar-refractivity contribution in [3.8, 4) is 0 Å². The average molecular weight is 371 g/mol. The van der Waals surface area contributed by atoms with Crippen LogP contribution in [0.5, 0.6) is 0 Å². The van der Waals surface area contributed by atoms with Crippen LogP contribution in [-0.4, -0.2) is 57.9 Å². The van der Waals surface area contributed by atoms with Crippen LogP contribution in [0.1, 0.15) is 76.6 Å². The molecule has 4 rings (SSSR count). The van der Waals surface area contributed by atoms with Crippen LogP contribution in [0.15, 0.2) is 12.4 Å². The molecule has 0 unspecified atom stereocenters. The number of carbonyl (C=O) groups is 1. The van der Waals surface area contributed by atoms with Gasteiger partial charge in [0.25, 0.3) is 0 Å². The van der Waals surface area contributed by atoms with Crippen LogP contribution in [0, 0.1) is 11.3 Å². The maximum Gasteiger partial charge on any atom is 0.225 e. The number of aromatic nitrogens is 2. The van der Waals surface area contributed by atoms with Crippen LogP contribution in [0.3, 0.4) is 0 Å². The van der Waals surface area contributed by atoms with Gasteiger partial charge in [-0.25, -0.2) is 9.97 Å². The summed E-state index contributed by atoms with van der Waals surface area (Å²) in [6, 6.07) is 0.738. The number of carbonyl (C=O) groups excluding carboxylic acids is 1. The summed E-state index contributed by atoms with van der Waals surface area (Å²) in [5.41, 5.74) is 1.76. The summed E-state index contributed by atoms with van der Waals surface area (Å²) < 4.78 is 0. The third-order valence-corrected chi connectivity index (χ3v) is 6.92. The fraction of sp³-hybridized carbons (Fsp3) is 0.773. The largest absolute Gasteiger partial charge is 0.341 e. The molecule has 2 saturated heterocycles. The SMILES string of the molecule is CC(C)C(=O)N1CC2(CC(N3CCC(c4cnc(C(C)C)nc4)CC3)C2)C1. The van der Waals surface area contributed by atoms with Crippen LogP contribution in [0.4, 0.5) is 0 Å². The highest BCUT2D eigenvalue weighted by Gasteiger charge is 2.55. The molecular weight excluding hydrogens is 336 g/mol. The van der Waals surface area contributed by atoms with Crippen molar-refractivity contribution in [2.75, 3.05) is 26.2 Å². The summed E-state index contributed by atoms with van der Waals surface area (Å²) in [6.07, 6.45) is 9.10. The van der Waals surface area contributed by atoms with Crippen molar-refractivity contribution in [3.05, 3.63) is 23.8 Å². The lowest BCUT2D eigenvalue weighted by molar-refractivity contribution is -0.161. The van der Waals surface area contributed by atoms with Crippen molar-refractivity contribution < 1.29 is 4.79 Å². The molecule has 0 atom stereocenters. The Morgan fingerprint density at radius 1 is 1.07 bits per heavy atom. The van der Waals surface area contributed by atoms with Gasteiger partial charge in [0.05, 0.1) is 0 Å². The molecule has 5 nitrogen and oxygen atoms in total. The van der Waals surface area contributed by atoms with Gasteiger partial charge in [-0.05, 0) is 50.3 Å². The van der Waals surface area contributed by atoms with Crippen molar-refractivity contribution in [2.45, 2.75) is 71.3 Å². The van der Waals surface area contributed by atoms with Crippen LogP contribution in [0.2, 0.25) is 0 Å². The van der Waals surface area contributed by atoms with E-state index >= 15 is 0 Å². The lowest BCUT2D eigenvalue weighted by Crippen LogP contribution is -2.68. The highest BCUT2D eigenvalue weighted by Crippen LogP contribution is 2.51. The van der Waals surface area contributed by atoms with Crippen LogP contribution >= 0.6 is 0 Å². The molecule has 0 N–H and O–H groups in total. The Labute approximate surface area is 163 Å². The zero-order valence-electron chi connectivity index (χ0n) is 17.3. The van der Waals surface area contributed by atoms with Gasteiger partial charge in [-0.15, -0.1) is 0 Å². The Kier molecular flexibility index (Phi) is 5.00. The van der Waals surface area contributed by atoms with Crippen molar-refractivity contribution >= 4 is 5.91 Å². The molecule has 0 bridgehead atoms. The number of hydrogen-bond donors (Lipinski definition) is 0. The van der Waals surface area contributed by atoms with E-state index in [-0.39, 0.29) is 5.92 Å². The van der Waals surface area contributed by atoms with Gasteiger partial charge < -0.3 is 9.80 Å². The minimum absolute atomic E-state index is 0.135. The molecule has 0 aromatic carbocycles. The third kappa shape index (κ3) is 3.63. The van der Waals surface area contributed by atoms with E-state index in [1.165, 1.54) is 44.3 Å². The Hall–Kier alpha value is -1.49. The maximum absolute atomic E-state index is 12.1. The van der Waals surface area contributed by atoms with E-state index in [0.29, 0.717) is 23.2 Å². The highest BCUT2D eigenvalue weighted by molar-refractivity contribution is 5.79. The molecule has 1 aromatic rings. The van der Waals surface area contributed by atoms with E-state index in [0.717, 1.165) is 25.0 Å². The van der Waals surface area contributed by atoms with Gasteiger partial charge in [0, 0.05) is 48.8 Å². The Morgan fingerprint density at radius 2 is 1.67 bits per heavy atom. The Morgan fingerprint density at radius 3 is 2.19 bits per heavy atom. The lowest BCUT2D eigenvalue weighted by atomic mass is 9.60. The molecule has 1 spiro atoms. The molecule has 148 valence electrons. The number of hydrogen-bond acceptors (Lipinski definition) is 4. The topological polar surface area (TPSA) is 49.3 Å². The molecule has 1 aliphatic carbocycles. The quantitative estimate of drug-likeness (QED) is 0.815. The standard InChI is InChI=1S/C22H34N4O/c1-15(2)20-23-11-18(12-24-20)17-5-7-25(8-6-17)19-9-22(10-19)13-26(14-22)21(27)16(3)4/h11-12,15-17,19H,5-10,13-14H2,1-4H3. The first kappa shape index (κ1) is 18.9. The zero-order valence-corrected chi connectivity index (χ0v) is 17.3. The third-order valence-electron chi connectivity index (χ3n) is 6.92. The second-order valence-electron chi connectivity index (χ2n) is 9.75. The molecule has 5 heteroatoms. The summed E-state index contributed by atoms with van der Waals surface area (Å²) >= 11 is 0. The summed E-state index contributed by atoms with van der Waals surface area (Å²) in [7, 11) is 0. The van der Waals surface area contributed by atoms with Gasteiger partial charge >= 0.3 is 0 Å². The van der Waals surface area contributed by atoms with Gasteiger partial charge in [0.2, 0.25) is 5.91 Å². The lowest BCUT2D eigenvalue weighted by Gasteiger charge is -2.61. The van der Waals surface area contributed by atoms with E-state index in [9.17, 15) is 4.79 Å². The number of piperidine rings is 1. The van der Waals surface area contributed by atoms with E-state index in [1.807, 2.05) is 13.8 Å². The zero-order chi connectivity index (χ0) is 19.2. The molecule has 1 saturated carbocycles. The number of nitrogens with zero attached hydrogens (tertiary/aromatic N) is 4. The minimum atomic E-state index is 0.135. The molecular formula is C22H34N4O. The van der Waals surface area contributed by atoms with Crippen LogP contribution < -0.4 is 0 Å². The average Bonchev–Trinajstić information content (AvgIpc) is 2.59. The molecule has 2 aliphatic heterocycles. The Balaban J connectivity index is 1.23. The molecule has 3 aliphatic rings. The van der Waals surface area contributed by atoms with Gasteiger partial charge in [-0.1, -0.05) is 27.7 Å². The van der Waals surface area contributed by atoms with E-state index in [2.05, 4.69) is 46.0 Å². The van der Waals surface area contributed by atoms with Crippen molar-refractivity contribution in [1.29, 1.82) is 0 Å². The fourth-order valence-electron chi connectivity index (χ4n) is 5.20. The smallest absolute Gasteiger partial charge is 0.225 e. The van der Waals surface area contributed by atoms with E-state index in [4.69, 9.17) is 0 Å². The summed E-state index contributed by atoms with van der Waals surface area (Å²) in [5.74, 6) is 2.41. The minimum Gasteiger partial charge on any atom is -0.341 e. The number of likely N-dealkylation sites (tertiary alicyclic amines) is 2.